The van der Waals surface area contributed by atoms with Crippen LogP contribution in [0.25, 0.3) is 0 Å². The Labute approximate surface area is 111 Å². The zero-order valence-corrected chi connectivity index (χ0v) is 11.4. The van der Waals surface area contributed by atoms with Crippen LogP contribution in [0.4, 0.5) is 11.4 Å². The molecule has 19 heavy (non-hydrogen) atoms. The van der Waals surface area contributed by atoms with Crippen LogP contribution in [-0.2, 0) is 10.2 Å². The molecule has 0 saturated heterocycles. The van der Waals surface area contributed by atoms with E-state index in [1.807, 2.05) is 13.8 Å². The largest absolute Gasteiger partial charge is 0.490 e. The Morgan fingerprint density at radius 2 is 2.11 bits per heavy atom. The number of carbonyl (C=O) groups excluding carboxylic acids is 1. The SMILES string of the molecule is COc1cc2c(cc1[N+](=O)[O-])N(C(C)=O)CC2(C)C. The minimum atomic E-state index is -0.497. The van der Waals surface area contributed by atoms with Crippen LogP contribution >= 0.6 is 0 Å². The van der Waals surface area contributed by atoms with Crippen LogP contribution < -0.4 is 9.64 Å². The van der Waals surface area contributed by atoms with Crippen LogP contribution in [0.5, 0.6) is 5.75 Å². The van der Waals surface area contributed by atoms with Crippen LogP contribution in [0.15, 0.2) is 12.1 Å². The predicted octanol–water partition coefficient (Wildman–Crippen LogP) is 2.25. The zero-order valence-electron chi connectivity index (χ0n) is 11.4. The monoisotopic (exact) mass is 264 g/mol. The molecule has 0 atom stereocenters. The van der Waals surface area contributed by atoms with E-state index in [0.29, 0.717) is 12.2 Å². The third kappa shape index (κ3) is 2.03. The molecule has 0 N–H and O–H groups in total. The highest BCUT2D eigenvalue weighted by Gasteiger charge is 2.39. The molecule has 6 heteroatoms. The number of fused-ring (bicyclic) bond motifs is 1. The maximum atomic E-state index is 11.7. The lowest BCUT2D eigenvalue weighted by molar-refractivity contribution is -0.385. The lowest BCUT2D eigenvalue weighted by Crippen LogP contribution is -2.31. The van der Waals surface area contributed by atoms with Crippen LogP contribution in [0, 0.1) is 10.1 Å². The van der Waals surface area contributed by atoms with Gasteiger partial charge in [0.2, 0.25) is 5.91 Å². The second-order valence-electron chi connectivity index (χ2n) is 5.29. The number of hydrogen-bond donors (Lipinski definition) is 0. The first kappa shape index (κ1) is 13.3. The van der Waals surface area contributed by atoms with Crippen molar-refractivity contribution in [2.75, 3.05) is 18.6 Å². The first-order valence-corrected chi connectivity index (χ1v) is 5.93. The molecule has 0 fully saturated rings. The number of anilines is 1. The number of nitrogens with zero attached hydrogens (tertiary/aromatic N) is 2. The smallest absolute Gasteiger partial charge is 0.313 e. The van der Waals surface area contributed by atoms with Gasteiger partial charge in [-0.1, -0.05) is 13.8 Å². The van der Waals surface area contributed by atoms with Gasteiger partial charge >= 0.3 is 5.69 Å². The number of benzene rings is 1. The summed E-state index contributed by atoms with van der Waals surface area (Å²) in [7, 11) is 1.40. The van der Waals surface area contributed by atoms with E-state index in [2.05, 4.69) is 0 Å². The number of carbonyl (C=O) groups is 1. The molecule has 0 unspecified atom stereocenters. The molecule has 0 radical (unpaired) electrons. The van der Waals surface area contributed by atoms with Crippen molar-refractivity contribution in [1.29, 1.82) is 0 Å². The highest BCUT2D eigenvalue weighted by atomic mass is 16.6. The van der Waals surface area contributed by atoms with Crippen molar-refractivity contribution in [3.63, 3.8) is 0 Å². The Kier molecular flexibility index (Phi) is 2.96. The van der Waals surface area contributed by atoms with Crippen LogP contribution in [-0.4, -0.2) is 24.5 Å². The van der Waals surface area contributed by atoms with Gasteiger partial charge < -0.3 is 9.64 Å². The number of rotatable bonds is 2. The van der Waals surface area contributed by atoms with Gasteiger partial charge in [-0.05, 0) is 11.6 Å². The molecule has 0 saturated carbocycles. The number of nitro benzene ring substituents is 1. The van der Waals surface area contributed by atoms with Gasteiger partial charge in [-0.15, -0.1) is 0 Å². The second-order valence-corrected chi connectivity index (χ2v) is 5.29. The standard InChI is InChI=1S/C13H16N2O4/c1-8(16)14-7-13(2,3)9-5-12(19-4)11(15(17)18)6-10(9)14/h5-6H,7H2,1-4H3. The fourth-order valence-corrected chi connectivity index (χ4v) is 2.48. The van der Waals surface area contributed by atoms with E-state index in [1.165, 1.54) is 20.1 Å². The number of hydrogen-bond acceptors (Lipinski definition) is 4. The molecule has 0 spiro atoms. The summed E-state index contributed by atoms with van der Waals surface area (Å²) >= 11 is 0. The summed E-state index contributed by atoms with van der Waals surface area (Å²) in [4.78, 5) is 23.8. The molecule has 1 heterocycles. The van der Waals surface area contributed by atoms with Gasteiger partial charge in [0, 0.05) is 24.9 Å². The predicted molar refractivity (Wildman–Crippen MR) is 70.7 cm³/mol. The Balaban J connectivity index is 2.68. The summed E-state index contributed by atoms with van der Waals surface area (Å²) in [5.74, 6) is 0.105. The van der Waals surface area contributed by atoms with Crippen molar-refractivity contribution in [1.82, 2.24) is 0 Å². The summed E-state index contributed by atoms with van der Waals surface area (Å²) in [6, 6.07) is 3.08. The molecule has 1 aliphatic heterocycles. The topological polar surface area (TPSA) is 72.7 Å². The summed E-state index contributed by atoms with van der Waals surface area (Å²) in [5.41, 5.74) is 1.13. The maximum Gasteiger partial charge on any atom is 0.313 e. The lowest BCUT2D eigenvalue weighted by Gasteiger charge is -2.19. The van der Waals surface area contributed by atoms with Gasteiger partial charge in [-0.2, -0.15) is 0 Å². The van der Waals surface area contributed by atoms with Crippen LogP contribution in [0.1, 0.15) is 26.3 Å². The molecule has 6 nitrogen and oxygen atoms in total. The number of methoxy groups -OCH3 is 1. The van der Waals surface area contributed by atoms with Crippen LogP contribution in [0.3, 0.4) is 0 Å². The third-order valence-electron chi connectivity index (χ3n) is 3.45. The van der Waals surface area contributed by atoms with Crippen molar-refractivity contribution >= 4 is 17.3 Å². The minimum absolute atomic E-state index is 0.119. The Morgan fingerprint density at radius 1 is 1.47 bits per heavy atom. The molecule has 1 aliphatic rings. The van der Waals surface area contributed by atoms with E-state index < -0.39 is 4.92 Å². The van der Waals surface area contributed by atoms with Gasteiger partial charge in [0.25, 0.3) is 0 Å². The second kappa shape index (κ2) is 4.22. The van der Waals surface area contributed by atoms with E-state index in [4.69, 9.17) is 4.74 Å². The van der Waals surface area contributed by atoms with Crippen molar-refractivity contribution in [2.24, 2.45) is 0 Å². The number of nitro groups is 1. The summed E-state index contributed by atoms with van der Waals surface area (Å²) in [6.45, 7) is 5.98. The quantitative estimate of drug-likeness (QED) is 0.606. The summed E-state index contributed by atoms with van der Waals surface area (Å²) in [6.07, 6.45) is 0. The van der Waals surface area contributed by atoms with Gasteiger partial charge in [0.05, 0.1) is 17.7 Å². The molecule has 1 aromatic carbocycles. The molecule has 102 valence electrons. The van der Waals surface area contributed by atoms with Crippen LogP contribution in [0.2, 0.25) is 0 Å². The minimum Gasteiger partial charge on any atom is -0.490 e. The van der Waals surface area contributed by atoms with Crippen molar-refractivity contribution in [2.45, 2.75) is 26.2 Å². The highest BCUT2D eigenvalue weighted by Crippen LogP contribution is 2.45. The molecular formula is C13H16N2O4. The lowest BCUT2D eigenvalue weighted by atomic mass is 9.87. The highest BCUT2D eigenvalue weighted by molar-refractivity contribution is 5.95. The van der Waals surface area contributed by atoms with Crippen molar-refractivity contribution < 1.29 is 14.5 Å². The zero-order chi connectivity index (χ0) is 14.4. The van der Waals surface area contributed by atoms with E-state index >= 15 is 0 Å². The average molecular weight is 264 g/mol. The van der Waals surface area contributed by atoms with Gasteiger partial charge in [-0.3, -0.25) is 14.9 Å². The van der Waals surface area contributed by atoms with E-state index in [9.17, 15) is 14.9 Å². The maximum absolute atomic E-state index is 11.7. The molecule has 0 aliphatic carbocycles. The Hall–Kier alpha value is -2.11. The van der Waals surface area contributed by atoms with Crippen molar-refractivity contribution in [3.05, 3.63) is 27.8 Å². The molecule has 2 rings (SSSR count). The Bertz CT molecular complexity index is 566. The van der Waals surface area contributed by atoms with Gasteiger partial charge in [0.15, 0.2) is 5.75 Å². The van der Waals surface area contributed by atoms with Gasteiger partial charge in [0.1, 0.15) is 0 Å². The normalized spacial score (nSPS) is 16.1. The number of amides is 1. The fraction of sp³-hybridized carbons (Fsp3) is 0.462. The van der Waals surface area contributed by atoms with Gasteiger partial charge in [-0.25, -0.2) is 0 Å². The fourth-order valence-electron chi connectivity index (χ4n) is 2.48. The first-order chi connectivity index (χ1) is 8.77. The molecule has 1 aromatic rings. The number of ether oxygens (including phenoxy) is 1. The first-order valence-electron chi connectivity index (χ1n) is 5.93. The molecule has 0 bridgehead atoms. The summed E-state index contributed by atoms with van der Waals surface area (Å²) in [5, 5.41) is 11.0. The average Bonchev–Trinajstić information content (AvgIpc) is 2.59. The van der Waals surface area contributed by atoms with E-state index in [0.717, 1.165) is 5.56 Å². The summed E-state index contributed by atoms with van der Waals surface area (Å²) < 4.78 is 5.08. The molecule has 1 amide bonds. The Morgan fingerprint density at radius 3 is 2.58 bits per heavy atom. The third-order valence-corrected chi connectivity index (χ3v) is 3.45. The van der Waals surface area contributed by atoms with E-state index in [-0.39, 0.29) is 22.8 Å². The van der Waals surface area contributed by atoms with E-state index in [1.54, 1.807) is 11.0 Å². The molecular weight excluding hydrogens is 248 g/mol. The van der Waals surface area contributed by atoms with Crippen molar-refractivity contribution in [3.8, 4) is 5.75 Å². The molecule has 0 aromatic heterocycles.